The third kappa shape index (κ3) is 3.38. The molecule has 0 saturated heterocycles. The van der Waals surface area contributed by atoms with Gasteiger partial charge in [0.15, 0.2) is 0 Å². The number of hydrogen-bond donors (Lipinski definition) is 3. The molecule has 0 spiro atoms. The molecule has 0 aliphatic carbocycles. The van der Waals surface area contributed by atoms with Crippen LogP contribution in [0.2, 0.25) is 0 Å². The van der Waals surface area contributed by atoms with Crippen LogP contribution in [-0.2, 0) is 4.79 Å². The predicted molar refractivity (Wildman–Crippen MR) is 82.7 cm³/mol. The second-order valence-corrected chi connectivity index (χ2v) is 4.72. The van der Waals surface area contributed by atoms with Gasteiger partial charge in [0.2, 0.25) is 5.91 Å². The van der Waals surface area contributed by atoms with Crippen molar-refractivity contribution in [2.75, 3.05) is 24.1 Å². The maximum Gasteiger partial charge on any atom is 0.221 e. The number of nitrogens with one attached hydrogen (secondary N) is 2. The number of rotatable bonds is 5. The van der Waals surface area contributed by atoms with E-state index in [1.165, 1.54) is 0 Å². The van der Waals surface area contributed by atoms with Gasteiger partial charge in [-0.15, -0.1) is 0 Å². The van der Waals surface area contributed by atoms with E-state index in [2.05, 4.69) is 15.6 Å². The van der Waals surface area contributed by atoms with Gasteiger partial charge in [0, 0.05) is 42.0 Å². The molecule has 5 heteroatoms. The smallest absolute Gasteiger partial charge is 0.221 e. The van der Waals surface area contributed by atoms with Crippen molar-refractivity contribution >= 4 is 28.2 Å². The highest BCUT2D eigenvalue weighted by Crippen LogP contribution is 2.25. The van der Waals surface area contributed by atoms with Gasteiger partial charge in [0.1, 0.15) is 0 Å². The molecule has 0 saturated carbocycles. The lowest BCUT2D eigenvalue weighted by Crippen LogP contribution is -2.24. The van der Waals surface area contributed by atoms with Crippen molar-refractivity contribution in [3.05, 3.63) is 30.0 Å². The number of nitrogen functional groups attached to an aromatic ring is 1. The van der Waals surface area contributed by atoms with E-state index in [0.29, 0.717) is 25.2 Å². The Labute approximate surface area is 118 Å². The van der Waals surface area contributed by atoms with Crippen LogP contribution in [0.15, 0.2) is 24.3 Å². The molecule has 5 nitrogen and oxygen atoms in total. The second kappa shape index (κ2) is 6.23. The van der Waals surface area contributed by atoms with Crippen LogP contribution >= 0.6 is 0 Å². The van der Waals surface area contributed by atoms with E-state index in [4.69, 9.17) is 5.73 Å². The van der Waals surface area contributed by atoms with Crippen LogP contribution in [0.1, 0.15) is 19.0 Å². The van der Waals surface area contributed by atoms with Gasteiger partial charge in [0.05, 0.1) is 5.52 Å². The summed E-state index contributed by atoms with van der Waals surface area (Å²) in [4.78, 5) is 15.9. The van der Waals surface area contributed by atoms with Crippen molar-refractivity contribution in [1.82, 2.24) is 10.3 Å². The number of nitrogens with zero attached hydrogens (tertiary/aromatic N) is 1. The van der Waals surface area contributed by atoms with E-state index >= 15 is 0 Å². The molecule has 0 aliphatic heterocycles. The number of aromatic nitrogens is 1. The zero-order valence-electron chi connectivity index (χ0n) is 11.9. The van der Waals surface area contributed by atoms with Crippen LogP contribution < -0.4 is 16.4 Å². The Morgan fingerprint density at radius 1 is 1.35 bits per heavy atom. The normalized spacial score (nSPS) is 10.5. The minimum absolute atomic E-state index is 0.0506. The van der Waals surface area contributed by atoms with E-state index in [1.807, 2.05) is 38.1 Å². The zero-order chi connectivity index (χ0) is 14.5. The fraction of sp³-hybridized carbons (Fsp3) is 0.333. The number of amides is 1. The van der Waals surface area contributed by atoms with Crippen LogP contribution in [0.25, 0.3) is 10.9 Å². The number of fused-ring (bicyclic) bond motifs is 1. The lowest BCUT2D eigenvalue weighted by molar-refractivity contribution is -0.120. The minimum Gasteiger partial charge on any atom is -0.399 e. The summed E-state index contributed by atoms with van der Waals surface area (Å²) < 4.78 is 0. The number of aryl methyl sites for hydroxylation is 1. The van der Waals surface area contributed by atoms with Crippen LogP contribution in [0, 0.1) is 6.92 Å². The number of hydrogen-bond acceptors (Lipinski definition) is 4. The quantitative estimate of drug-likeness (QED) is 0.728. The Morgan fingerprint density at radius 3 is 2.90 bits per heavy atom. The standard InChI is InChI=1S/C15H20N4O/c1-3-17-15(20)6-7-18-14-8-10(2)19-13-5-4-11(16)9-12(13)14/h4-5,8-9H,3,6-7,16H2,1-2H3,(H,17,20)(H,18,19). The first kappa shape index (κ1) is 14.1. The van der Waals surface area contributed by atoms with Crippen LogP contribution in [0.4, 0.5) is 11.4 Å². The van der Waals surface area contributed by atoms with Crippen molar-refractivity contribution in [3.63, 3.8) is 0 Å². The Hall–Kier alpha value is -2.30. The number of pyridine rings is 1. The highest BCUT2D eigenvalue weighted by atomic mass is 16.1. The fourth-order valence-corrected chi connectivity index (χ4v) is 2.12. The summed E-state index contributed by atoms with van der Waals surface area (Å²) in [5.74, 6) is 0.0506. The second-order valence-electron chi connectivity index (χ2n) is 4.72. The van der Waals surface area contributed by atoms with Crippen LogP contribution in [0.3, 0.4) is 0 Å². The van der Waals surface area contributed by atoms with E-state index in [0.717, 1.165) is 22.3 Å². The van der Waals surface area contributed by atoms with Gasteiger partial charge in [-0.2, -0.15) is 0 Å². The average molecular weight is 272 g/mol. The molecule has 0 atom stereocenters. The third-order valence-corrected chi connectivity index (χ3v) is 3.00. The molecule has 20 heavy (non-hydrogen) atoms. The summed E-state index contributed by atoms with van der Waals surface area (Å²) in [7, 11) is 0. The summed E-state index contributed by atoms with van der Waals surface area (Å²) in [6.45, 7) is 5.10. The number of carbonyl (C=O) groups is 1. The highest BCUT2D eigenvalue weighted by Gasteiger charge is 2.05. The molecule has 0 aliphatic rings. The van der Waals surface area contributed by atoms with Gasteiger partial charge in [-0.3, -0.25) is 9.78 Å². The van der Waals surface area contributed by atoms with Crippen molar-refractivity contribution < 1.29 is 4.79 Å². The van der Waals surface area contributed by atoms with Gasteiger partial charge >= 0.3 is 0 Å². The largest absolute Gasteiger partial charge is 0.399 e. The predicted octanol–water partition coefficient (Wildman–Crippen LogP) is 2.06. The molecule has 0 fully saturated rings. The lowest BCUT2D eigenvalue weighted by atomic mass is 10.1. The summed E-state index contributed by atoms with van der Waals surface area (Å²) in [6.07, 6.45) is 0.443. The van der Waals surface area contributed by atoms with Gasteiger partial charge in [0.25, 0.3) is 0 Å². The molecule has 4 N–H and O–H groups in total. The molecule has 1 amide bonds. The molecule has 1 aromatic carbocycles. The minimum atomic E-state index is 0.0506. The van der Waals surface area contributed by atoms with Crippen LogP contribution in [0.5, 0.6) is 0 Å². The first-order valence-corrected chi connectivity index (χ1v) is 6.77. The van der Waals surface area contributed by atoms with E-state index < -0.39 is 0 Å². The number of benzene rings is 1. The Balaban J connectivity index is 2.16. The first-order chi connectivity index (χ1) is 9.60. The lowest BCUT2D eigenvalue weighted by Gasteiger charge is -2.11. The summed E-state index contributed by atoms with van der Waals surface area (Å²) in [5, 5.41) is 7.05. The Bertz CT molecular complexity index is 625. The monoisotopic (exact) mass is 272 g/mol. The van der Waals surface area contributed by atoms with E-state index in [9.17, 15) is 4.79 Å². The molecule has 2 rings (SSSR count). The number of anilines is 2. The topological polar surface area (TPSA) is 80.0 Å². The third-order valence-electron chi connectivity index (χ3n) is 3.00. The highest BCUT2D eigenvalue weighted by molar-refractivity contribution is 5.93. The number of carbonyl (C=O) groups excluding carboxylic acids is 1. The molecule has 0 unspecified atom stereocenters. The number of nitrogens with two attached hydrogens (primary N) is 1. The molecule has 106 valence electrons. The van der Waals surface area contributed by atoms with Gasteiger partial charge in [-0.1, -0.05) is 0 Å². The van der Waals surface area contributed by atoms with Gasteiger partial charge in [-0.05, 0) is 38.1 Å². The van der Waals surface area contributed by atoms with Crippen molar-refractivity contribution in [2.45, 2.75) is 20.3 Å². The summed E-state index contributed by atoms with van der Waals surface area (Å²) in [5.41, 5.74) is 9.33. The van der Waals surface area contributed by atoms with E-state index in [1.54, 1.807) is 0 Å². The molecule has 0 bridgehead atoms. The fourth-order valence-electron chi connectivity index (χ4n) is 2.12. The average Bonchev–Trinajstić information content (AvgIpc) is 2.39. The molecule has 1 aromatic heterocycles. The van der Waals surface area contributed by atoms with Gasteiger partial charge < -0.3 is 16.4 Å². The maximum atomic E-state index is 11.4. The van der Waals surface area contributed by atoms with E-state index in [-0.39, 0.29) is 5.91 Å². The van der Waals surface area contributed by atoms with Crippen LogP contribution in [-0.4, -0.2) is 24.0 Å². The zero-order valence-corrected chi connectivity index (χ0v) is 11.9. The SMILES string of the molecule is CCNC(=O)CCNc1cc(C)nc2ccc(N)cc12. The Morgan fingerprint density at radius 2 is 2.15 bits per heavy atom. The van der Waals surface area contributed by atoms with Crippen molar-refractivity contribution in [3.8, 4) is 0 Å². The van der Waals surface area contributed by atoms with Crippen molar-refractivity contribution in [2.24, 2.45) is 0 Å². The summed E-state index contributed by atoms with van der Waals surface area (Å²) >= 11 is 0. The first-order valence-electron chi connectivity index (χ1n) is 6.77. The van der Waals surface area contributed by atoms with Gasteiger partial charge in [-0.25, -0.2) is 0 Å². The summed E-state index contributed by atoms with van der Waals surface area (Å²) in [6, 6.07) is 7.62. The Kier molecular flexibility index (Phi) is 4.40. The molecular formula is C15H20N4O. The molecular weight excluding hydrogens is 252 g/mol. The van der Waals surface area contributed by atoms with Crippen molar-refractivity contribution in [1.29, 1.82) is 0 Å². The molecule has 2 aromatic rings. The molecule has 0 radical (unpaired) electrons. The molecule has 1 heterocycles. The maximum absolute atomic E-state index is 11.4.